The molecule has 1 aliphatic rings. The SMILES string of the molecule is Cc1cc2c(c(=O)o1)CCC(C)(C)O2. The van der Waals surface area contributed by atoms with Crippen LogP contribution in [0.5, 0.6) is 5.75 Å². The van der Waals surface area contributed by atoms with Gasteiger partial charge in [-0.2, -0.15) is 0 Å². The Morgan fingerprint density at radius 3 is 2.86 bits per heavy atom. The first kappa shape index (κ1) is 9.31. The molecule has 1 aromatic rings. The van der Waals surface area contributed by atoms with E-state index in [1.807, 2.05) is 13.8 Å². The number of hydrogen-bond donors (Lipinski definition) is 0. The summed E-state index contributed by atoms with van der Waals surface area (Å²) in [7, 11) is 0. The molecule has 0 saturated carbocycles. The van der Waals surface area contributed by atoms with Crippen LogP contribution in [-0.4, -0.2) is 5.60 Å². The molecule has 0 unspecified atom stereocenters. The number of aryl methyl sites for hydroxylation is 1. The van der Waals surface area contributed by atoms with E-state index < -0.39 is 0 Å². The molecule has 0 N–H and O–H groups in total. The Morgan fingerprint density at radius 1 is 1.43 bits per heavy atom. The van der Waals surface area contributed by atoms with Gasteiger partial charge in [0.25, 0.3) is 0 Å². The second-order valence-electron chi connectivity index (χ2n) is 4.35. The van der Waals surface area contributed by atoms with Crippen molar-refractivity contribution in [1.82, 2.24) is 0 Å². The van der Waals surface area contributed by atoms with Gasteiger partial charge in [0.2, 0.25) is 0 Å². The lowest BCUT2D eigenvalue weighted by molar-refractivity contribution is 0.0821. The molecule has 0 aliphatic carbocycles. The molecule has 0 aromatic carbocycles. The van der Waals surface area contributed by atoms with Gasteiger partial charge < -0.3 is 9.15 Å². The highest BCUT2D eigenvalue weighted by Gasteiger charge is 2.28. The van der Waals surface area contributed by atoms with E-state index in [2.05, 4.69) is 0 Å². The van der Waals surface area contributed by atoms with Crippen molar-refractivity contribution < 1.29 is 9.15 Å². The molecule has 0 fully saturated rings. The van der Waals surface area contributed by atoms with Gasteiger partial charge in [0, 0.05) is 6.07 Å². The minimum absolute atomic E-state index is 0.173. The Hall–Kier alpha value is -1.25. The van der Waals surface area contributed by atoms with Gasteiger partial charge in [-0.05, 0) is 33.6 Å². The van der Waals surface area contributed by atoms with Gasteiger partial charge in [-0.25, -0.2) is 4.79 Å². The number of ether oxygens (including phenoxy) is 1. The molecular weight excluding hydrogens is 180 g/mol. The van der Waals surface area contributed by atoms with Gasteiger partial charge in [-0.15, -0.1) is 0 Å². The molecule has 2 rings (SSSR count). The maximum Gasteiger partial charge on any atom is 0.342 e. The highest BCUT2D eigenvalue weighted by Crippen LogP contribution is 2.31. The number of hydrogen-bond acceptors (Lipinski definition) is 3. The lowest BCUT2D eigenvalue weighted by atomic mass is 9.95. The van der Waals surface area contributed by atoms with Crippen LogP contribution in [0.1, 0.15) is 31.6 Å². The Morgan fingerprint density at radius 2 is 2.14 bits per heavy atom. The minimum atomic E-state index is -0.254. The fourth-order valence-corrected chi connectivity index (χ4v) is 1.70. The zero-order valence-electron chi connectivity index (χ0n) is 8.72. The number of fused-ring (bicyclic) bond motifs is 1. The third-order valence-corrected chi connectivity index (χ3v) is 2.50. The molecule has 0 spiro atoms. The monoisotopic (exact) mass is 194 g/mol. The third kappa shape index (κ3) is 1.54. The van der Waals surface area contributed by atoms with Crippen LogP contribution in [0.25, 0.3) is 0 Å². The average Bonchev–Trinajstić information content (AvgIpc) is 2.00. The second-order valence-corrected chi connectivity index (χ2v) is 4.35. The highest BCUT2D eigenvalue weighted by molar-refractivity contribution is 5.34. The second kappa shape index (κ2) is 2.87. The minimum Gasteiger partial charge on any atom is -0.487 e. The van der Waals surface area contributed by atoms with Crippen molar-refractivity contribution in [2.75, 3.05) is 0 Å². The molecule has 0 saturated heterocycles. The maximum absolute atomic E-state index is 11.4. The summed E-state index contributed by atoms with van der Waals surface area (Å²) in [4.78, 5) is 11.4. The smallest absolute Gasteiger partial charge is 0.342 e. The van der Waals surface area contributed by atoms with Crippen molar-refractivity contribution in [3.8, 4) is 5.75 Å². The fourth-order valence-electron chi connectivity index (χ4n) is 1.70. The molecule has 0 bridgehead atoms. The first-order valence-electron chi connectivity index (χ1n) is 4.81. The van der Waals surface area contributed by atoms with E-state index >= 15 is 0 Å². The third-order valence-electron chi connectivity index (χ3n) is 2.50. The lowest BCUT2D eigenvalue weighted by Crippen LogP contribution is -2.34. The normalized spacial score (nSPS) is 18.5. The van der Waals surface area contributed by atoms with Crippen molar-refractivity contribution in [2.24, 2.45) is 0 Å². The van der Waals surface area contributed by atoms with E-state index in [0.717, 1.165) is 12.8 Å². The van der Waals surface area contributed by atoms with Gasteiger partial charge >= 0.3 is 5.63 Å². The molecule has 2 heterocycles. The van der Waals surface area contributed by atoms with Crippen molar-refractivity contribution in [3.05, 3.63) is 27.8 Å². The summed E-state index contributed by atoms with van der Waals surface area (Å²) in [5, 5.41) is 0. The highest BCUT2D eigenvalue weighted by atomic mass is 16.5. The Bertz CT molecular complexity index is 415. The molecule has 1 aliphatic heterocycles. The topological polar surface area (TPSA) is 39.4 Å². The van der Waals surface area contributed by atoms with E-state index in [0.29, 0.717) is 17.1 Å². The van der Waals surface area contributed by atoms with Gasteiger partial charge in [0.05, 0.1) is 5.56 Å². The molecule has 3 heteroatoms. The molecule has 3 nitrogen and oxygen atoms in total. The van der Waals surface area contributed by atoms with Crippen molar-refractivity contribution in [3.63, 3.8) is 0 Å². The predicted octanol–water partition coefficient (Wildman–Crippen LogP) is 2.05. The first-order chi connectivity index (χ1) is 6.48. The van der Waals surface area contributed by atoms with E-state index in [-0.39, 0.29) is 11.2 Å². The molecule has 76 valence electrons. The fraction of sp³-hybridized carbons (Fsp3) is 0.545. The van der Waals surface area contributed by atoms with Crippen LogP contribution in [0.3, 0.4) is 0 Å². The zero-order chi connectivity index (χ0) is 10.3. The molecule has 14 heavy (non-hydrogen) atoms. The van der Waals surface area contributed by atoms with Crippen LogP contribution < -0.4 is 10.4 Å². The van der Waals surface area contributed by atoms with E-state index in [9.17, 15) is 4.79 Å². The molecule has 0 radical (unpaired) electrons. The van der Waals surface area contributed by atoms with Crippen molar-refractivity contribution in [1.29, 1.82) is 0 Å². The summed E-state index contributed by atoms with van der Waals surface area (Å²) >= 11 is 0. The van der Waals surface area contributed by atoms with Crippen molar-refractivity contribution in [2.45, 2.75) is 39.2 Å². The summed E-state index contributed by atoms with van der Waals surface area (Å²) in [5.41, 5.74) is 0.248. The van der Waals surface area contributed by atoms with Crippen LogP contribution in [0.15, 0.2) is 15.3 Å². The van der Waals surface area contributed by atoms with Gasteiger partial charge in [-0.3, -0.25) is 0 Å². The zero-order valence-corrected chi connectivity index (χ0v) is 8.72. The molecule has 0 atom stereocenters. The maximum atomic E-state index is 11.4. The molecule has 1 aromatic heterocycles. The van der Waals surface area contributed by atoms with Crippen LogP contribution in [-0.2, 0) is 6.42 Å². The van der Waals surface area contributed by atoms with Gasteiger partial charge in [0.15, 0.2) is 0 Å². The Balaban J connectivity index is 2.52. The average molecular weight is 194 g/mol. The van der Waals surface area contributed by atoms with E-state index in [1.54, 1.807) is 13.0 Å². The lowest BCUT2D eigenvalue weighted by Gasteiger charge is -2.31. The summed E-state index contributed by atoms with van der Waals surface area (Å²) in [5.74, 6) is 1.29. The summed E-state index contributed by atoms with van der Waals surface area (Å²) < 4.78 is 10.7. The summed E-state index contributed by atoms with van der Waals surface area (Å²) in [6.45, 7) is 5.81. The van der Waals surface area contributed by atoms with Crippen molar-refractivity contribution >= 4 is 0 Å². The van der Waals surface area contributed by atoms with E-state index in [4.69, 9.17) is 9.15 Å². The first-order valence-corrected chi connectivity index (χ1v) is 4.81. The van der Waals surface area contributed by atoms with Crippen LogP contribution in [0.2, 0.25) is 0 Å². The standard InChI is InChI=1S/C11H14O3/c1-7-6-9-8(10(12)13-7)4-5-11(2,3)14-9/h6H,4-5H2,1-3H3. The van der Waals surface area contributed by atoms with E-state index in [1.165, 1.54) is 0 Å². The van der Waals surface area contributed by atoms with Gasteiger partial charge in [0.1, 0.15) is 17.1 Å². The number of rotatable bonds is 0. The van der Waals surface area contributed by atoms with Crippen LogP contribution >= 0.6 is 0 Å². The summed E-state index contributed by atoms with van der Waals surface area (Å²) in [6.07, 6.45) is 1.60. The summed E-state index contributed by atoms with van der Waals surface area (Å²) in [6, 6.07) is 1.79. The van der Waals surface area contributed by atoms with Crippen LogP contribution in [0, 0.1) is 6.92 Å². The molecule has 0 amide bonds. The van der Waals surface area contributed by atoms with Crippen LogP contribution in [0.4, 0.5) is 0 Å². The largest absolute Gasteiger partial charge is 0.487 e. The quantitative estimate of drug-likeness (QED) is 0.634. The Labute approximate surface area is 82.7 Å². The van der Waals surface area contributed by atoms with Gasteiger partial charge in [-0.1, -0.05) is 0 Å². The Kier molecular flexibility index (Phi) is 1.91. The molecular formula is C11H14O3. The predicted molar refractivity (Wildman–Crippen MR) is 52.7 cm³/mol.